The molecule has 5 heteroatoms. The number of likely N-dealkylation sites (tertiary alicyclic amines) is 1. The van der Waals surface area contributed by atoms with E-state index in [0.29, 0.717) is 31.2 Å². The molecule has 1 aromatic rings. The Morgan fingerprint density at radius 1 is 1.16 bits per heavy atom. The number of aryl methyl sites for hydroxylation is 1. The van der Waals surface area contributed by atoms with Crippen molar-refractivity contribution in [1.82, 2.24) is 10.2 Å². The first kappa shape index (κ1) is 16.6. The average Bonchev–Trinajstić information content (AvgIpc) is 3.00. The van der Waals surface area contributed by atoms with Crippen molar-refractivity contribution in [3.63, 3.8) is 0 Å². The van der Waals surface area contributed by atoms with Gasteiger partial charge in [-0.3, -0.25) is 9.59 Å². The lowest BCUT2D eigenvalue weighted by molar-refractivity contribution is -0.129. The van der Waals surface area contributed by atoms with Crippen LogP contribution in [0.4, 0.5) is 0 Å². The molecule has 1 aromatic carbocycles. The average molecular weight is 342 g/mol. The van der Waals surface area contributed by atoms with Gasteiger partial charge in [-0.2, -0.15) is 0 Å². The van der Waals surface area contributed by atoms with Crippen LogP contribution in [-0.2, 0) is 9.53 Å². The summed E-state index contributed by atoms with van der Waals surface area (Å²) in [6.07, 6.45) is 3.90. The van der Waals surface area contributed by atoms with Crippen molar-refractivity contribution in [2.24, 2.45) is 11.8 Å². The zero-order chi connectivity index (χ0) is 17.4. The summed E-state index contributed by atoms with van der Waals surface area (Å²) >= 11 is 0. The molecule has 1 N–H and O–H groups in total. The largest absolute Gasteiger partial charge is 0.378 e. The molecular formula is C20H26N2O3. The van der Waals surface area contributed by atoms with E-state index in [1.54, 1.807) is 0 Å². The van der Waals surface area contributed by atoms with Crippen molar-refractivity contribution in [2.45, 2.75) is 44.8 Å². The first-order chi connectivity index (χ1) is 12.1. The lowest BCUT2D eigenvalue weighted by Crippen LogP contribution is -2.55. The van der Waals surface area contributed by atoms with Gasteiger partial charge in [-0.15, -0.1) is 0 Å². The first-order valence-corrected chi connectivity index (χ1v) is 9.40. The SMILES string of the molecule is Cc1ccccc1C(=O)N1CCC(C(=O)N[C@@H]2C[C@H]3OCC[C@@H]23)CC1. The van der Waals surface area contributed by atoms with Crippen LogP contribution in [0, 0.1) is 18.8 Å². The Labute approximate surface area is 148 Å². The van der Waals surface area contributed by atoms with Crippen LogP contribution in [-0.4, -0.2) is 48.6 Å². The third-order valence-electron chi connectivity index (χ3n) is 6.12. The summed E-state index contributed by atoms with van der Waals surface area (Å²) in [5.74, 6) is 0.800. The Balaban J connectivity index is 1.29. The number of hydrogen-bond acceptors (Lipinski definition) is 3. The molecule has 2 aliphatic heterocycles. The summed E-state index contributed by atoms with van der Waals surface area (Å²) in [6.45, 7) is 4.11. The standard InChI is InChI=1S/C20H26N2O3/c1-13-4-2-3-5-15(13)20(24)22-9-6-14(7-10-22)19(23)21-17-12-18-16(17)8-11-25-18/h2-5,14,16-18H,6-12H2,1H3,(H,21,23)/t16-,17+,18+/m0/s1. The summed E-state index contributed by atoms with van der Waals surface area (Å²) in [7, 11) is 0. The summed E-state index contributed by atoms with van der Waals surface area (Å²) in [6, 6.07) is 7.99. The number of nitrogens with one attached hydrogen (secondary N) is 1. The van der Waals surface area contributed by atoms with Gasteiger partial charge in [-0.25, -0.2) is 0 Å². The normalized spacial score (nSPS) is 29.0. The maximum Gasteiger partial charge on any atom is 0.254 e. The number of benzene rings is 1. The van der Waals surface area contributed by atoms with Crippen LogP contribution in [0.15, 0.2) is 24.3 Å². The molecular weight excluding hydrogens is 316 g/mol. The summed E-state index contributed by atoms with van der Waals surface area (Å²) in [4.78, 5) is 27.1. The van der Waals surface area contributed by atoms with Gasteiger partial charge >= 0.3 is 0 Å². The third kappa shape index (κ3) is 3.17. The molecule has 0 spiro atoms. The molecule has 1 aliphatic carbocycles. The number of carbonyl (C=O) groups is 2. The van der Waals surface area contributed by atoms with Crippen molar-refractivity contribution in [2.75, 3.05) is 19.7 Å². The molecule has 1 saturated carbocycles. The van der Waals surface area contributed by atoms with Crippen LogP contribution in [0.5, 0.6) is 0 Å². The Bertz CT molecular complexity index is 667. The molecule has 0 unspecified atom stereocenters. The minimum Gasteiger partial charge on any atom is -0.378 e. The van der Waals surface area contributed by atoms with Gasteiger partial charge in [0.05, 0.1) is 6.10 Å². The van der Waals surface area contributed by atoms with Gasteiger partial charge in [0.15, 0.2) is 0 Å². The predicted octanol–water partition coefficient (Wildman–Crippen LogP) is 2.14. The Kier molecular flexibility index (Phi) is 4.50. The molecule has 2 amide bonds. The van der Waals surface area contributed by atoms with Crippen molar-refractivity contribution in [3.05, 3.63) is 35.4 Å². The second-order valence-corrected chi connectivity index (χ2v) is 7.59. The molecule has 3 fully saturated rings. The first-order valence-electron chi connectivity index (χ1n) is 9.40. The molecule has 4 rings (SSSR count). The molecule has 0 radical (unpaired) electrons. The van der Waals surface area contributed by atoms with E-state index in [1.165, 1.54) is 0 Å². The molecule has 3 atom stereocenters. The molecule has 134 valence electrons. The van der Waals surface area contributed by atoms with Gasteiger partial charge in [-0.1, -0.05) is 18.2 Å². The van der Waals surface area contributed by atoms with Crippen LogP contribution >= 0.6 is 0 Å². The Hall–Kier alpha value is -1.88. The van der Waals surface area contributed by atoms with E-state index in [-0.39, 0.29) is 17.7 Å². The number of carbonyl (C=O) groups excluding carboxylic acids is 2. The van der Waals surface area contributed by atoms with Crippen LogP contribution < -0.4 is 5.32 Å². The summed E-state index contributed by atoms with van der Waals surface area (Å²) in [5.41, 5.74) is 1.78. The fourth-order valence-electron chi connectivity index (χ4n) is 4.39. The van der Waals surface area contributed by atoms with Crippen LogP contribution in [0.2, 0.25) is 0 Å². The number of piperidine rings is 1. The topological polar surface area (TPSA) is 58.6 Å². The molecule has 5 nitrogen and oxygen atoms in total. The van der Waals surface area contributed by atoms with E-state index in [4.69, 9.17) is 4.74 Å². The van der Waals surface area contributed by atoms with Crippen molar-refractivity contribution >= 4 is 11.8 Å². The summed E-state index contributed by atoms with van der Waals surface area (Å²) in [5, 5.41) is 3.22. The quantitative estimate of drug-likeness (QED) is 0.916. The van der Waals surface area contributed by atoms with Gasteiger partial charge in [0.25, 0.3) is 5.91 Å². The fraction of sp³-hybridized carbons (Fsp3) is 0.600. The molecule has 0 bridgehead atoms. The maximum absolute atomic E-state index is 12.7. The van der Waals surface area contributed by atoms with E-state index in [0.717, 1.165) is 43.4 Å². The number of amides is 2. The molecule has 2 heterocycles. The number of hydrogen-bond donors (Lipinski definition) is 1. The smallest absolute Gasteiger partial charge is 0.254 e. The second-order valence-electron chi connectivity index (χ2n) is 7.59. The monoisotopic (exact) mass is 342 g/mol. The minimum absolute atomic E-state index is 0.0299. The Morgan fingerprint density at radius 3 is 2.64 bits per heavy atom. The number of nitrogens with zero attached hydrogens (tertiary/aromatic N) is 1. The van der Waals surface area contributed by atoms with E-state index in [9.17, 15) is 9.59 Å². The molecule has 2 saturated heterocycles. The zero-order valence-corrected chi connectivity index (χ0v) is 14.7. The number of fused-ring (bicyclic) bond motifs is 1. The summed E-state index contributed by atoms with van der Waals surface area (Å²) < 4.78 is 5.61. The van der Waals surface area contributed by atoms with Crippen LogP contribution in [0.25, 0.3) is 0 Å². The zero-order valence-electron chi connectivity index (χ0n) is 14.7. The van der Waals surface area contributed by atoms with E-state index < -0.39 is 0 Å². The van der Waals surface area contributed by atoms with Crippen LogP contribution in [0.1, 0.15) is 41.6 Å². The molecule has 0 aromatic heterocycles. The van der Waals surface area contributed by atoms with Crippen molar-refractivity contribution < 1.29 is 14.3 Å². The van der Waals surface area contributed by atoms with Gasteiger partial charge in [0, 0.05) is 43.1 Å². The second kappa shape index (κ2) is 6.79. The highest BCUT2D eigenvalue weighted by molar-refractivity contribution is 5.95. The highest BCUT2D eigenvalue weighted by Gasteiger charge is 2.46. The predicted molar refractivity (Wildman–Crippen MR) is 94.2 cm³/mol. The van der Waals surface area contributed by atoms with Gasteiger partial charge < -0.3 is 15.0 Å². The van der Waals surface area contributed by atoms with E-state index >= 15 is 0 Å². The highest BCUT2D eigenvalue weighted by atomic mass is 16.5. The third-order valence-corrected chi connectivity index (χ3v) is 6.12. The number of rotatable bonds is 3. The van der Waals surface area contributed by atoms with Gasteiger partial charge in [0.2, 0.25) is 5.91 Å². The lowest BCUT2D eigenvalue weighted by atomic mass is 9.76. The van der Waals surface area contributed by atoms with Crippen molar-refractivity contribution in [3.8, 4) is 0 Å². The highest BCUT2D eigenvalue weighted by Crippen LogP contribution is 2.38. The van der Waals surface area contributed by atoms with Crippen molar-refractivity contribution in [1.29, 1.82) is 0 Å². The van der Waals surface area contributed by atoms with Gasteiger partial charge in [-0.05, 0) is 44.2 Å². The molecule has 25 heavy (non-hydrogen) atoms. The van der Waals surface area contributed by atoms with Crippen LogP contribution in [0.3, 0.4) is 0 Å². The minimum atomic E-state index is 0.0299. The Morgan fingerprint density at radius 2 is 1.92 bits per heavy atom. The lowest BCUT2D eigenvalue weighted by Gasteiger charge is -2.40. The maximum atomic E-state index is 12.7. The van der Waals surface area contributed by atoms with Gasteiger partial charge in [0.1, 0.15) is 0 Å². The molecule has 3 aliphatic rings. The fourth-order valence-corrected chi connectivity index (χ4v) is 4.39. The number of ether oxygens (including phenoxy) is 1. The van der Waals surface area contributed by atoms with E-state index in [2.05, 4.69) is 5.32 Å². The van der Waals surface area contributed by atoms with E-state index in [1.807, 2.05) is 36.1 Å².